The Bertz CT molecular complexity index is 950. The van der Waals surface area contributed by atoms with Crippen LogP contribution in [0.4, 0.5) is 5.69 Å². The molecule has 6 nitrogen and oxygen atoms in total. The third kappa shape index (κ3) is 6.49. The maximum Gasteiger partial charge on any atom is 0.121 e. The number of benzene rings is 2. The molecule has 2 aromatic carbocycles. The van der Waals surface area contributed by atoms with Crippen LogP contribution in [0, 0.1) is 0 Å². The summed E-state index contributed by atoms with van der Waals surface area (Å²) in [4.78, 5) is 4.61. The van der Waals surface area contributed by atoms with Gasteiger partial charge in [-0.05, 0) is 75.0 Å². The number of anilines is 1. The molecule has 1 unspecified atom stereocenters. The Morgan fingerprint density at radius 1 is 0.824 bits per heavy atom. The Morgan fingerprint density at radius 3 is 2.18 bits per heavy atom. The smallest absolute Gasteiger partial charge is 0.121 e. The molecule has 1 atom stereocenters. The van der Waals surface area contributed by atoms with Gasteiger partial charge in [0.1, 0.15) is 18.1 Å². The third-order valence-electron chi connectivity index (χ3n) is 7.06. The molecule has 2 heterocycles. The minimum atomic E-state index is -0.902. The largest absolute Gasteiger partial charge is 0.497 e. The highest BCUT2D eigenvalue weighted by Crippen LogP contribution is 2.31. The molecular formula is C26H34Cl2N2O4. The molecule has 34 heavy (non-hydrogen) atoms. The Labute approximate surface area is 212 Å². The van der Waals surface area contributed by atoms with E-state index in [9.17, 15) is 10.2 Å². The summed E-state index contributed by atoms with van der Waals surface area (Å²) in [6.07, 6.45) is 3.56. The van der Waals surface area contributed by atoms with Gasteiger partial charge in [-0.25, -0.2) is 0 Å². The van der Waals surface area contributed by atoms with Gasteiger partial charge < -0.3 is 29.5 Å². The summed E-state index contributed by atoms with van der Waals surface area (Å²) in [5, 5.41) is 23.3. The van der Waals surface area contributed by atoms with Crippen LogP contribution in [0.15, 0.2) is 42.5 Å². The van der Waals surface area contributed by atoms with E-state index >= 15 is 0 Å². The van der Waals surface area contributed by atoms with E-state index in [4.69, 9.17) is 32.7 Å². The van der Waals surface area contributed by atoms with E-state index in [2.05, 4.69) is 21.9 Å². The lowest BCUT2D eigenvalue weighted by molar-refractivity contribution is -0.0283. The quantitative estimate of drug-likeness (QED) is 0.568. The molecule has 0 radical (unpaired) electrons. The summed E-state index contributed by atoms with van der Waals surface area (Å²) in [7, 11) is 1.67. The number of rotatable bonds is 7. The molecule has 2 aromatic rings. The second-order valence-corrected chi connectivity index (χ2v) is 10.4. The van der Waals surface area contributed by atoms with Gasteiger partial charge in [0.2, 0.25) is 0 Å². The predicted molar refractivity (Wildman–Crippen MR) is 137 cm³/mol. The molecule has 2 fully saturated rings. The van der Waals surface area contributed by atoms with Crippen molar-refractivity contribution in [1.82, 2.24) is 4.90 Å². The summed E-state index contributed by atoms with van der Waals surface area (Å²) in [6.45, 7) is 4.06. The van der Waals surface area contributed by atoms with Crippen LogP contribution in [0.25, 0.3) is 0 Å². The Morgan fingerprint density at radius 2 is 1.50 bits per heavy atom. The Kier molecular flexibility index (Phi) is 8.16. The lowest BCUT2D eigenvalue weighted by Gasteiger charge is -2.41. The van der Waals surface area contributed by atoms with Crippen molar-refractivity contribution in [3.05, 3.63) is 52.5 Å². The molecular weight excluding hydrogens is 475 g/mol. The van der Waals surface area contributed by atoms with Crippen molar-refractivity contribution >= 4 is 28.9 Å². The van der Waals surface area contributed by atoms with E-state index in [1.54, 1.807) is 25.3 Å². The number of β-amino-alcohol motifs (C(OH)–C–C–N with tert-alkyl or cyclic N) is 1. The van der Waals surface area contributed by atoms with Crippen LogP contribution in [0.1, 0.15) is 32.1 Å². The van der Waals surface area contributed by atoms with Gasteiger partial charge >= 0.3 is 0 Å². The Balaban J connectivity index is 1.26. The first-order chi connectivity index (χ1) is 16.3. The van der Waals surface area contributed by atoms with E-state index in [0.717, 1.165) is 56.9 Å². The van der Waals surface area contributed by atoms with Crippen LogP contribution >= 0.6 is 23.2 Å². The van der Waals surface area contributed by atoms with Gasteiger partial charge in [-0.2, -0.15) is 0 Å². The number of hydrogen-bond acceptors (Lipinski definition) is 6. The van der Waals surface area contributed by atoms with Crippen LogP contribution in [0.5, 0.6) is 11.5 Å². The topological polar surface area (TPSA) is 65.4 Å². The highest BCUT2D eigenvalue weighted by molar-refractivity contribution is 6.42. The monoisotopic (exact) mass is 508 g/mol. The summed E-state index contributed by atoms with van der Waals surface area (Å²) in [5.41, 5.74) is -0.451. The minimum Gasteiger partial charge on any atom is -0.497 e. The highest BCUT2D eigenvalue weighted by atomic mass is 35.5. The average molecular weight is 509 g/mol. The maximum absolute atomic E-state index is 11.3. The molecule has 2 N–H and O–H groups in total. The highest BCUT2D eigenvalue weighted by Gasteiger charge is 2.37. The number of piperidine rings is 1. The number of halogens is 2. The van der Waals surface area contributed by atoms with Crippen molar-refractivity contribution in [3.8, 4) is 11.5 Å². The standard InChI is InChI=1S/C26H34Cl2N2O4/c1-33-21-5-3-20(4-6-21)30-15-11-25(31,12-16-30)18-29-13-2-9-26(32,10-14-29)19-34-22-7-8-23(27)24(28)17-22/h3-8,17,31-32H,2,9-16,18-19H2,1H3. The van der Waals surface area contributed by atoms with Gasteiger partial charge in [-0.1, -0.05) is 23.2 Å². The van der Waals surface area contributed by atoms with Gasteiger partial charge in [-0.15, -0.1) is 0 Å². The van der Waals surface area contributed by atoms with Crippen molar-refractivity contribution in [3.63, 3.8) is 0 Å². The van der Waals surface area contributed by atoms with Crippen LogP contribution < -0.4 is 14.4 Å². The molecule has 2 aliphatic rings. The van der Waals surface area contributed by atoms with Crippen molar-refractivity contribution in [2.45, 2.75) is 43.3 Å². The van der Waals surface area contributed by atoms with Gasteiger partial charge in [-0.3, -0.25) is 0 Å². The lowest BCUT2D eigenvalue weighted by Crippen LogP contribution is -2.51. The second kappa shape index (κ2) is 10.9. The van der Waals surface area contributed by atoms with E-state index in [-0.39, 0.29) is 6.61 Å². The molecule has 0 amide bonds. The fourth-order valence-corrected chi connectivity index (χ4v) is 5.16. The molecule has 0 saturated carbocycles. The summed E-state index contributed by atoms with van der Waals surface area (Å²) in [5.74, 6) is 1.45. The van der Waals surface area contributed by atoms with Crippen LogP contribution in [-0.4, -0.2) is 72.8 Å². The van der Waals surface area contributed by atoms with Crippen molar-refractivity contribution < 1.29 is 19.7 Å². The van der Waals surface area contributed by atoms with Crippen molar-refractivity contribution in [1.29, 1.82) is 0 Å². The number of hydrogen-bond donors (Lipinski definition) is 2. The predicted octanol–water partition coefficient (Wildman–Crippen LogP) is 4.63. The van der Waals surface area contributed by atoms with Gasteiger partial charge in [0.25, 0.3) is 0 Å². The molecule has 2 aliphatic heterocycles. The molecule has 2 saturated heterocycles. The maximum atomic E-state index is 11.3. The number of ether oxygens (including phenoxy) is 2. The first kappa shape index (κ1) is 25.4. The summed E-state index contributed by atoms with van der Waals surface area (Å²) < 4.78 is 11.1. The van der Waals surface area contributed by atoms with Gasteiger partial charge in [0, 0.05) is 37.9 Å². The number of nitrogens with zero attached hydrogens (tertiary/aromatic N) is 2. The first-order valence-electron chi connectivity index (χ1n) is 11.9. The van der Waals surface area contributed by atoms with Gasteiger partial charge in [0.15, 0.2) is 0 Å². The average Bonchev–Trinajstić information content (AvgIpc) is 3.02. The first-order valence-corrected chi connectivity index (χ1v) is 12.7. The Hall–Kier alpha value is -1.70. The molecule has 0 aliphatic carbocycles. The van der Waals surface area contributed by atoms with Crippen molar-refractivity contribution in [2.24, 2.45) is 0 Å². The van der Waals surface area contributed by atoms with E-state index < -0.39 is 11.2 Å². The van der Waals surface area contributed by atoms with E-state index in [1.807, 2.05) is 12.1 Å². The van der Waals surface area contributed by atoms with Crippen LogP contribution in [-0.2, 0) is 0 Å². The van der Waals surface area contributed by atoms with E-state index in [1.165, 1.54) is 0 Å². The SMILES string of the molecule is COc1ccc(N2CCC(O)(CN3CCCC(O)(COc4ccc(Cl)c(Cl)c4)CC3)CC2)cc1. The number of likely N-dealkylation sites (tertiary alicyclic amines) is 1. The number of methoxy groups -OCH3 is 1. The zero-order valence-electron chi connectivity index (χ0n) is 19.7. The van der Waals surface area contributed by atoms with Crippen LogP contribution in [0.2, 0.25) is 10.0 Å². The van der Waals surface area contributed by atoms with Crippen LogP contribution in [0.3, 0.4) is 0 Å². The molecule has 0 bridgehead atoms. The molecule has 4 rings (SSSR count). The number of aliphatic hydroxyl groups is 2. The van der Waals surface area contributed by atoms with E-state index in [0.29, 0.717) is 35.2 Å². The minimum absolute atomic E-state index is 0.208. The second-order valence-electron chi connectivity index (χ2n) is 9.63. The zero-order valence-corrected chi connectivity index (χ0v) is 21.2. The summed E-state index contributed by atoms with van der Waals surface area (Å²) >= 11 is 12.0. The molecule has 8 heteroatoms. The fourth-order valence-electron chi connectivity index (χ4n) is 4.87. The molecule has 0 spiro atoms. The molecule has 0 aromatic heterocycles. The van der Waals surface area contributed by atoms with Crippen molar-refractivity contribution in [2.75, 3.05) is 51.3 Å². The normalized spacial score (nSPS) is 23.4. The van der Waals surface area contributed by atoms with Gasteiger partial charge in [0.05, 0.1) is 28.4 Å². The summed E-state index contributed by atoms with van der Waals surface area (Å²) in [6, 6.07) is 13.2. The molecule has 186 valence electrons. The lowest BCUT2D eigenvalue weighted by atomic mass is 9.90. The zero-order chi connectivity index (χ0) is 24.2. The fraction of sp³-hybridized carbons (Fsp3) is 0.538. The third-order valence-corrected chi connectivity index (χ3v) is 7.80.